The Hall–Kier alpha value is -3.42. The van der Waals surface area contributed by atoms with Crippen molar-refractivity contribution in [2.75, 3.05) is 11.9 Å². The molecule has 0 saturated carbocycles. The second-order valence-corrected chi connectivity index (χ2v) is 9.79. The molecule has 0 atom stereocenters. The lowest BCUT2D eigenvalue weighted by Gasteiger charge is -2.12. The van der Waals surface area contributed by atoms with Gasteiger partial charge in [-0.15, -0.1) is 0 Å². The van der Waals surface area contributed by atoms with Gasteiger partial charge in [-0.3, -0.25) is 4.79 Å². The number of carbonyl (C=O) groups is 1. The Balaban J connectivity index is 1.28. The van der Waals surface area contributed by atoms with Crippen molar-refractivity contribution in [1.29, 1.82) is 0 Å². The molecule has 0 aliphatic heterocycles. The molecule has 1 N–H and O–H groups in total. The SMILES string of the molecule is Cc1cc(Br)cc(Br)c1OCC(=O)Nc1ccc2oc(-c3ccc(-c4ccccc4)cc3)nc2c1. The van der Waals surface area contributed by atoms with Gasteiger partial charge in [-0.25, -0.2) is 4.98 Å². The molecule has 0 spiro atoms. The topological polar surface area (TPSA) is 64.4 Å². The van der Waals surface area contributed by atoms with Gasteiger partial charge in [0.15, 0.2) is 12.2 Å². The van der Waals surface area contributed by atoms with Gasteiger partial charge in [0.05, 0.1) is 4.47 Å². The monoisotopic (exact) mass is 590 g/mol. The molecule has 7 heteroatoms. The molecule has 5 aromatic rings. The van der Waals surface area contributed by atoms with E-state index in [1.807, 2.05) is 49.4 Å². The van der Waals surface area contributed by atoms with Crippen LogP contribution in [0.15, 0.2) is 98.3 Å². The van der Waals surface area contributed by atoms with Gasteiger partial charge in [0.2, 0.25) is 5.89 Å². The molecule has 174 valence electrons. The fourth-order valence-electron chi connectivity index (χ4n) is 3.77. The Labute approximate surface area is 219 Å². The minimum atomic E-state index is -0.265. The van der Waals surface area contributed by atoms with E-state index in [1.54, 1.807) is 18.2 Å². The first-order valence-electron chi connectivity index (χ1n) is 10.9. The lowest BCUT2D eigenvalue weighted by atomic mass is 10.0. The fourth-order valence-corrected chi connectivity index (χ4v) is 5.32. The van der Waals surface area contributed by atoms with Crippen LogP contribution in [0.5, 0.6) is 5.75 Å². The van der Waals surface area contributed by atoms with Crippen LogP contribution in [0, 0.1) is 6.92 Å². The number of ether oxygens (including phenoxy) is 1. The van der Waals surface area contributed by atoms with Gasteiger partial charge >= 0.3 is 0 Å². The molecule has 0 bridgehead atoms. The molecule has 1 heterocycles. The third-order valence-electron chi connectivity index (χ3n) is 5.45. The molecule has 35 heavy (non-hydrogen) atoms. The number of hydrogen-bond acceptors (Lipinski definition) is 4. The number of rotatable bonds is 6. The minimum absolute atomic E-state index is 0.114. The first kappa shape index (κ1) is 23.3. The molecule has 5 nitrogen and oxygen atoms in total. The summed E-state index contributed by atoms with van der Waals surface area (Å²) < 4.78 is 13.4. The number of fused-ring (bicyclic) bond motifs is 1. The lowest BCUT2D eigenvalue weighted by Crippen LogP contribution is -2.20. The average molecular weight is 592 g/mol. The molecule has 0 radical (unpaired) electrons. The number of carbonyl (C=O) groups excluding carboxylic acids is 1. The highest BCUT2D eigenvalue weighted by Crippen LogP contribution is 2.32. The molecule has 0 fully saturated rings. The van der Waals surface area contributed by atoms with Gasteiger partial charge < -0.3 is 14.5 Å². The predicted octanol–water partition coefficient (Wildman–Crippen LogP) is 8.01. The summed E-state index contributed by atoms with van der Waals surface area (Å²) in [6.45, 7) is 1.81. The summed E-state index contributed by atoms with van der Waals surface area (Å²) in [5.74, 6) is 0.902. The minimum Gasteiger partial charge on any atom is -0.482 e. The number of oxazole rings is 1. The van der Waals surface area contributed by atoms with Crippen LogP contribution < -0.4 is 10.1 Å². The van der Waals surface area contributed by atoms with Gasteiger partial charge in [-0.1, -0.05) is 58.4 Å². The smallest absolute Gasteiger partial charge is 0.262 e. The molecule has 5 rings (SSSR count). The zero-order valence-electron chi connectivity index (χ0n) is 18.7. The first-order chi connectivity index (χ1) is 17.0. The Bertz CT molecular complexity index is 1490. The number of hydrogen-bond donors (Lipinski definition) is 1. The van der Waals surface area contributed by atoms with Gasteiger partial charge in [0.1, 0.15) is 11.3 Å². The summed E-state index contributed by atoms with van der Waals surface area (Å²) >= 11 is 6.92. The molecule has 0 unspecified atom stereocenters. The third kappa shape index (κ3) is 5.31. The summed E-state index contributed by atoms with van der Waals surface area (Å²) in [6.07, 6.45) is 0. The van der Waals surface area contributed by atoms with Crippen molar-refractivity contribution in [3.05, 3.63) is 99.4 Å². The van der Waals surface area contributed by atoms with Crippen LogP contribution in [0.2, 0.25) is 0 Å². The Morgan fingerprint density at radius 2 is 1.63 bits per heavy atom. The number of benzene rings is 4. The number of nitrogens with zero attached hydrogens (tertiary/aromatic N) is 1. The maximum absolute atomic E-state index is 12.5. The maximum Gasteiger partial charge on any atom is 0.262 e. The van der Waals surface area contributed by atoms with Crippen LogP contribution in [0.4, 0.5) is 5.69 Å². The summed E-state index contributed by atoms with van der Waals surface area (Å²) in [5, 5.41) is 2.86. The van der Waals surface area contributed by atoms with Crippen LogP contribution in [-0.2, 0) is 4.79 Å². The molecule has 0 aliphatic rings. The quantitative estimate of drug-likeness (QED) is 0.217. The Kier molecular flexibility index (Phi) is 6.70. The fraction of sp³-hybridized carbons (Fsp3) is 0.0714. The number of aromatic nitrogens is 1. The summed E-state index contributed by atoms with van der Waals surface area (Å²) in [7, 11) is 0. The van der Waals surface area contributed by atoms with Crippen LogP contribution in [0.25, 0.3) is 33.7 Å². The number of aryl methyl sites for hydroxylation is 1. The molecule has 1 aromatic heterocycles. The van der Waals surface area contributed by atoms with Crippen molar-refractivity contribution < 1.29 is 13.9 Å². The summed E-state index contributed by atoms with van der Waals surface area (Å²) in [5.41, 5.74) is 6.03. The molecular weight excluding hydrogens is 572 g/mol. The van der Waals surface area contributed by atoms with Gasteiger partial charge in [-0.05, 0) is 82.0 Å². The van der Waals surface area contributed by atoms with Crippen molar-refractivity contribution in [3.63, 3.8) is 0 Å². The van der Waals surface area contributed by atoms with Crippen molar-refractivity contribution in [2.24, 2.45) is 0 Å². The highest BCUT2D eigenvalue weighted by atomic mass is 79.9. The predicted molar refractivity (Wildman–Crippen MR) is 146 cm³/mol. The maximum atomic E-state index is 12.5. The van der Waals surface area contributed by atoms with Gasteiger partial charge in [0.25, 0.3) is 5.91 Å². The van der Waals surface area contributed by atoms with E-state index < -0.39 is 0 Å². The molecule has 1 amide bonds. The van der Waals surface area contributed by atoms with E-state index in [9.17, 15) is 4.79 Å². The third-order valence-corrected chi connectivity index (χ3v) is 6.50. The van der Waals surface area contributed by atoms with E-state index in [0.717, 1.165) is 31.2 Å². The van der Waals surface area contributed by atoms with Crippen LogP contribution >= 0.6 is 31.9 Å². The molecular formula is C28H20Br2N2O3. The Morgan fingerprint density at radius 1 is 0.914 bits per heavy atom. The van der Waals surface area contributed by atoms with Gasteiger partial charge in [-0.2, -0.15) is 0 Å². The second kappa shape index (κ2) is 10.1. The van der Waals surface area contributed by atoms with Crippen molar-refractivity contribution in [3.8, 4) is 28.3 Å². The zero-order valence-corrected chi connectivity index (χ0v) is 21.9. The van der Waals surface area contributed by atoms with Crippen LogP contribution in [0.1, 0.15) is 5.56 Å². The van der Waals surface area contributed by atoms with Gasteiger partial charge in [0, 0.05) is 15.7 Å². The number of amides is 1. The normalized spacial score (nSPS) is 10.9. The van der Waals surface area contributed by atoms with Crippen molar-refractivity contribution in [2.45, 2.75) is 6.92 Å². The largest absolute Gasteiger partial charge is 0.482 e. The van der Waals surface area contributed by atoms with Crippen molar-refractivity contribution >= 4 is 54.6 Å². The highest BCUT2D eigenvalue weighted by molar-refractivity contribution is 9.11. The number of nitrogens with one attached hydrogen (secondary N) is 1. The van der Waals surface area contributed by atoms with Crippen LogP contribution in [-0.4, -0.2) is 17.5 Å². The van der Waals surface area contributed by atoms with E-state index in [0.29, 0.717) is 28.4 Å². The number of anilines is 1. The van der Waals surface area contributed by atoms with E-state index in [1.165, 1.54) is 0 Å². The van der Waals surface area contributed by atoms with E-state index in [-0.39, 0.29) is 12.5 Å². The summed E-state index contributed by atoms with van der Waals surface area (Å²) in [4.78, 5) is 17.1. The number of halogens is 2. The standard InChI is InChI=1S/C28H20Br2N2O3/c1-17-13-21(29)14-23(30)27(17)34-16-26(33)31-22-11-12-25-24(15-22)32-28(35-25)20-9-7-19(8-10-20)18-5-3-2-4-6-18/h2-15H,16H2,1H3,(H,31,33). The molecule has 0 aliphatic carbocycles. The van der Waals surface area contributed by atoms with E-state index in [4.69, 9.17) is 9.15 Å². The molecule has 4 aromatic carbocycles. The lowest BCUT2D eigenvalue weighted by molar-refractivity contribution is -0.118. The van der Waals surface area contributed by atoms with Crippen molar-refractivity contribution in [1.82, 2.24) is 4.98 Å². The summed E-state index contributed by atoms with van der Waals surface area (Å²) in [6, 6.07) is 27.5. The average Bonchev–Trinajstić information content (AvgIpc) is 3.27. The molecule has 0 saturated heterocycles. The zero-order chi connectivity index (χ0) is 24.4. The highest BCUT2D eigenvalue weighted by Gasteiger charge is 2.12. The van der Waals surface area contributed by atoms with E-state index >= 15 is 0 Å². The first-order valence-corrected chi connectivity index (χ1v) is 12.5. The van der Waals surface area contributed by atoms with Crippen LogP contribution in [0.3, 0.4) is 0 Å². The second-order valence-electron chi connectivity index (χ2n) is 8.02. The Morgan fingerprint density at radius 3 is 2.37 bits per heavy atom. The van der Waals surface area contributed by atoms with E-state index in [2.05, 4.69) is 66.4 Å².